The largest absolute Gasteiger partial charge is 0.351 e. The smallest absolute Gasteiger partial charge is 0.257 e. The molecular formula is C16H14N4O2S. The molecule has 23 heavy (non-hydrogen) atoms. The van der Waals surface area contributed by atoms with Crippen molar-refractivity contribution in [2.24, 2.45) is 0 Å². The molecule has 6 nitrogen and oxygen atoms in total. The molecule has 0 atom stereocenters. The van der Waals surface area contributed by atoms with Crippen LogP contribution in [0.4, 0.5) is 5.13 Å². The van der Waals surface area contributed by atoms with E-state index in [1.807, 2.05) is 24.3 Å². The summed E-state index contributed by atoms with van der Waals surface area (Å²) in [4.78, 5) is 31.8. The summed E-state index contributed by atoms with van der Waals surface area (Å²) < 4.78 is 1.02. The van der Waals surface area contributed by atoms with Gasteiger partial charge in [-0.2, -0.15) is 0 Å². The van der Waals surface area contributed by atoms with Crippen LogP contribution in [-0.4, -0.2) is 21.8 Å². The zero-order valence-electron chi connectivity index (χ0n) is 12.4. The van der Waals surface area contributed by atoms with E-state index in [0.29, 0.717) is 16.4 Å². The second-order valence-electron chi connectivity index (χ2n) is 4.89. The molecule has 116 valence electrons. The lowest BCUT2D eigenvalue weighted by molar-refractivity contribution is -0.119. The number of para-hydroxylation sites is 1. The second-order valence-corrected chi connectivity index (χ2v) is 5.92. The van der Waals surface area contributed by atoms with Crippen molar-refractivity contribution in [2.45, 2.75) is 13.5 Å². The number of benzene rings is 1. The Labute approximate surface area is 136 Å². The highest BCUT2D eigenvalue weighted by Gasteiger charge is 2.10. The molecule has 0 bridgehead atoms. The first-order valence-electron chi connectivity index (χ1n) is 6.98. The topological polar surface area (TPSA) is 84.0 Å². The lowest BCUT2D eigenvalue weighted by Gasteiger charge is -2.05. The van der Waals surface area contributed by atoms with E-state index < -0.39 is 0 Å². The molecule has 3 rings (SSSR count). The number of fused-ring (bicyclic) bond motifs is 1. The molecule has 1 aromatic carbocycles. The van der Waals surface area contributed by atoms with Crippen LogP contribution in [0.1, 0.15) is 23.0 Å². The zero-order valence-corrected chi connectivity index (χ0v) is 13.2. The van der Waals surface area contributed by atoms with Gasteiger partial charge in [-0.05, 0) is 24.3 Å². The van der Waals surface area contributed by atoms with Crippen LogP contribution in [0.3, 0.4) is 0 Å². The number of hydrogen-bond donors (Lipinski definition) is 2. The molecule has 0 aliphatic heterocycles. The van der Waals surface area contributed by atoms with Gasteiger partial charge >= 0.3 is 0 Å². The third-order valence-corrected chi connectivity index (χ3v) is 4.06. The maximum absolute atomic E-state index is 12.3. The first-order valence-corrected chi connectivity index (χ1v) is 7.80. The SMILES string of the molecule is CC(=O)NCc1cc(C(=O)Nc2nc3ccccc3s2)ccn1. The van der Waals surface area contributed by atoms with Crippen LogP contribution >= 0.6 is 11.3 Å². The third kappa shape index (κ3) is 3.70. The number of hydrogen-bond acceptors (Lipinski definition) is 5. The van der Waals surface area contributed by atoms with Crippen molar-refractivity contribution in [3.8, 4) is 0 Å². The van der Waals surface area contributed by atoms with E-state index in [1.54, 1.807) is 18.3 Å². The molecule has 0 saturated carbocycles. The van der Waals surface area contributed by atoms with Crippen molar-refractivity contribution in [3.63, 3.8) is 0 Å². The molecule has 7 heteroatoms. The number of thiazole rings is 1. The standard InChI is InChI=1S/C16H14N4O2S/c1-10(21)18-9-12-8-11(6-7-17-12)15(22)20-16-19-13-4-2-3-5-14(13)23-16/h2-8H,9H2,1H3,(H,18,21)(H,19,20,22). The van der Waals surface area contributed by atoms with E-state index in [9.17, 15) is 9.59 Å². The Balaban J connectivity index is 1.74. The maximum atomic E-state index is 12.3. The summed E-state index contributed by atoms with van der Waals surface area (Å²) in [5.41, 5.74) is 1.95. The van der Waals surface area contributed by atoms with E-state index in [2.05, 4.69) is 20.6 Å². The minimum absolute atomic E-state index is 0.142. The summed E-state index contributed by atoms with van der Waals surface area (Å²) in [5, 5.41) is 6.00. The van der Waals surface area contributed by atoms with Crippen LogP contribution in [-0.2, 0) is 11.3 Å². The van der Waals surface area contributed by atoms with Gasteiger partial charge in [0.1, 0.15) is 0 Å². The van der Waals surface area contributed by atoms with E-state index in [1.165, 1.54) is 18.3 Å². The summed E-state index contributed by atoms with van der Waals surface area (Å²) in [6.07, 6.45) is 1.55. The van der Waals surface area contributed by atoms with Crippen LogP contribution < -0.4 is 10.6 Å². The normalized spacial score (nSPS) is 10.5. The number of carbonyl (C=O) groups is 2. The van der Waals surface area contributed by atoms with Crippen LogP contribution in [0.25, 0.3) is 10.2 Å². The first kappa shape index (κ1) is 15.1. The van der Waals surface area contributed by atoms with Crippen LogP contribution in [0.15, 0.2) is 42.6 Å². The van der Waals surface area contributed by atoms with Crippen LogP contribution in [0.5, 0.6) is 0 Å². The fraction of sp³-hybridized carbons (Fsp3) is 0.125. The van der Waals surface area contributed by atoms with Gasteiger partial charge < -0.3 is 5.32 Å². The lowest BCUT2D eigenvalue weighted by Crippen LogP contribution is -2.20. The Hall–Kier alpha value is -2.80. The van der Waals surface area contributed by atoms with Gasteiger partial charge in [0.2, 0.25) is 5.91 Å². The van der Waals surface area contributed by atoms with Gasteiger partial charge in [-0.15, -0.1) is 0 Å². The molecule has 2 heterocycles. The fourth-order valence-electron chi connectivity index (χ4n) is 2.03. The van der Waals surface area contributed by atoms with E-state index in [4.69, 9.17) is 0 Å². The van der Waals surface area contributed by atoms with Crippen molar-refractivity contribution in [1.29, 1.82) is 0 Å². The predicted molar refractivity (Wildman–Crippen MR) is 89.3 cm³/mol. The maximum Gasteiger partial charge on any atom is 0.257 e. The highest BCUT2D eigenvalue weighted by molar-refractivity contribution is 7.22. The predicted octanol–water partition coefficient (Wildman–Crippen LogP) is 2.58. The van der Waals surface area contributed by atoms with Crippen LogP contribution in [0.2, 0.25) is 0 Å². The molecule has 0 spiro atoms. The van der Waals surface area contributed by atoms with Crippen molar-refractivity contribution in [1.82, 2.24) is 15.3 Å². The number of anilines is 1. The van der Waals surface area contributed by atoms with E-state index >= 15 is 0 Å². The summed E-state index contributed by atoms with van der Waals surface area (Å²) in [6.45, 7) is 1.72. The highest BCUT2D eigenvalue weighted by atomic mass is 32.1. The van der Waals surface area contributed by atoms with Crippen molar-refractivity contribution >= 4 is 38.5 Å². The van der Waals surface area contributed by atoms with Gasteiger partial charge in [0.25, 0.3) is 5.91 Å². The summed E-state index contributed by atoms with van der Waals surface area (Å²) in [6, 6.07) is 11.0. The second kappa shape index (κ2) is 6.53. The molecule has 2 amide bonds. The molecular weight excluding hydrogens is 312 g/mol. The number of carbonyl (C=O) groups excluding carboxylic acids is 2. The molecule has 0 saturated heterocycles. The average molecular weight is 326 g/mol. The number of nitrogens with one attached hydrogen (secondary N) is 2. The molecule has 2 aromatic heterocycles. The van der Waals surface area contributed by atoms with Crippen molar-refractivity contribution < 1.29 is 9.59 Å². The molecule has 0 unspecified atom stereocenters. The van der Waals surface area contributed by atoms with Gasteiger partial charge in [0.15, 0.2) is 5.13 Å². The first-order chi connectivity index (χ1) is 11.1. The summed E-state index contributed by atoms with van der Waals surface area (Å²) in [5.74, 6) is -0.397. The molecule has 3 aromatic rings. The van der Waals surface area contributed by atoms with Crippen molar-refractivity contribution in [2.75, 3.05) is 5.32 Å². The third-order valence-electron chi connectivity index (χ3n) is 3.11. The minimum Gasteiger partial charge on any atom is -0.351 e. The van der Waals surface area contributed by atoms with E-state index in [0.717, 1.165) is 10.2 Å². The van der Waals surface area contributed by atoms with Gasteiger partial charge in [0.05, 0.1) is 22.5 Å². The lowest BCUT2D eigenvalue weighted by atomic mass is 10.2. The fourth-order valence-corrected chi connectivity index (χ4v) is 2.89. The molecule has 2 N–H and O–H groups in total. The summed E-state index contributed by atoms with van der Waals surface area (Å²) in [7, 11) is 0. The minimum atomic E-state index is -0.254. The summed E-state index contributed by atoms with van der Waals surface area (Å²) >= 11 is 1.42. The molecule has 0 fully saturated rings. The quantitative estimate of drug-likeness (QED) is 0.772. The average Bonchev–Trinajstić information content (AvgIpc) is 2.95. The number of nitrogens with zero attached hydrogens (tertiary/aromatic N) is 2. The van der Waals surface area contributed by atoms with Crippen LogP contribution in [0, 0.1) is 0 Å². The number of amides is 2. The zero-order chi connectivity index (χ0) is 16.2. The monoisotopic (exact) mass is 326 g/mol. The Morgan fingerprint density at radius 1 is 1.22 bits per heavy atom. The van der Waals surface area contributed by atoms with Gasteiger partial charge in [-0.25, -0.2) is 4.98 Å². The number of rotatable bonds is 4. The molecule has 0 radical (unpaired) electrons. The Morgan fingerprint density at radius 2 is 2.04 bits per heavy atom. The number of aromatic nitrogens is 2. The van der Waals surface area contributed by atoms with Gasteiger partial charge in [0, 0.05) is 18.7 Å². The number of pyridine rings is 1. The van der Waals surface area contributed by atoms with Crippen molar-refractivity contribution in [3.05, 3.63) is 53.9 Å². The van der Waals surface area contributed by atoms with Gasteiger partial charge in [-0.1, -0.05) is 23.5 Å². The van der Waals surface area contributed by atoms with E-state index in [-0.39, 0.29) is 18.4 Å². The molecule has 0 aliphatic rings. The highest BCUT2D eigenvalue weighted by Crippen LogP contribution is 2.25. The molecule has 0 aliphatic carbocycles. The Kier molecular flexibility index (Phi) is 4.29. The Bertz CT molecular complexity index is 842. The van der Waals surface area contributed by atoms with Gasteiger partial charge in [-0.3, -0.25) is 19.9 Å². The Morgan fingerprint density at radius 3 is 2.83 bits per heavy atom.